The van der Waals surface area contributed by atoms with E-state index in [-0.39, 0.29) is 11.8 Å². The Morgan fingerprint density at radius 3 is 2.55 bits per heavy atom. The van der Waals surface area contributed by atoms with E-state index in [0.29, 0.717) is 43.2 Å². The average molecular weight is 395 g/mol. The van der Waals surface area contributed by atoms with Crippen LogP contribution in [0.4, 0.5) is 20.7 Å². The number of urea groups is 1. The van der Waals surface area contributed by atoms with Crippen molar-refractivity contribution in [1.82, 2.24) is 24.6 Å². The van der Waals surface area contributed by atoms with Gasteiger partial charge in [0.2, 0.25) is 0 Å². The van der Waals surface area contributed by atoms with Gasteiger partial charge in [0.15, 0.2) is 5.82 Å². The Labute approximate surface area is 168 Å². The second kappa shape index (κ2) is 7.86. The topological polar surface area (TPSA) is 79.2 Å². The number of hydrogen-bond donors (Lipinski definition) is 1. The summed E-state index contributed by atoms with van der Waals surface area (Å²) >= 11 is 0. The van der Waals surface area contributed by atoms with Crippen LogP contribution in [0.5, 0.6) is 0 Å². The minimum atomic E-state index is -0.334. The lowest BCUT2D eigenvalue weighted by atomic mass is 10.2. The maximum Gasteiger partial charge on any atom is 0.321 e. The van der Waals surface area contributed by atoms with Gasteiger partial charge in [-0.25, -0.2) is 23.8 Å². The molecule has 3 aromatic rings. The molecule has 9 heteroatoms. The SMILES string of the molecule is Cc1ccn(-c2cc(N3CCN(C(=O)Nc4cccc(F)c4C)CC3)ncn2)n1. The number of carbonyl (C=O) groups is 1. The average Bonchev–Trinajstić information content (AvgIpc) is 3.18. The second-order valence-corrected chi connectivity index (χ2v) is 6.95. The molecule has 0 spiro atoms. The number of amides is 2. The molecule has 0 radical (unpaired) electrons. The fourth-order valence-electron chi connectivity index (χ4n) is 3.25. The summed E-state index contributed by atoms with van der Waals surface area (Å²) < 4.78 is 15.4. The molecule has 2 aromatic heterocycles. The molecule has 1 aliphatic heterocycles. The molecule has 1 N–H and O–H groups in total. The van der Waals surface area contributed by atoms with Gasteiger partial charge < -0.3 is 15.1 Å². The predicted molar refractivity (Wildman–Crippen MR) is 108 cm³/mol. The number of aryl methyl sites for hydroxylation is 1. The molecule has 8 nitrogen and oxygen atoms in total. The normalized spacial score (nSPS) is 14.2. The van der Waals surface area contributed by atoms with Crippen molar-refractivity contribution in [2.45, 2.75) is 13.8 Å². The highest BCUT2D eigenvalue weighted by Crippen LogP contribution is 2.19. The number of nitrogens with one attached hydrogen (secondary N) is 1. The minimum Gasteiger partial charge on any atom is -0.353 e. The Morgan fingerprint density at radius 1 is 1.07 bits per heavy atom. The first-order chi connectivity index (χ1) is 14.0. The van der Waals surface area contributed by atoms with Gasteiger partial charge in [0.05, 0.1) is 5.69 Å². The first-order valence-corrected chi connectivity index (χ1v) is 9.42. The van der Waals surface area contributed by atoms with Gasteiger partial charge in [-0.2, -0.15) is 5.10 Å². The lowest BCUT2D eigenvalue weighted by molar-refractivity contribution is 0.208. The van der Waals surface area contributed by atoms with Crippen LogP contribution < -0.4 is 10.2 Å². The lowest BCUT2D eigenvalue weighted by Crippen LogP contribution is -2.50. The number of benzene rings is 1. The third-order valence-electron chi connectivity index (χ3n) is 5.00. The molecule has 1 aliphatic rings. The first kappa shape index (κ1) is 18.9. The fourth-order valence-corrected chi connectivity index (χ4v) is 3.25. The largest absolute Gasteiger partial charge is 0.353 e. The van der Waals surface area contributed by atoms with Crippen molar-refractivity contribution in [2.24, 2.45) is 0 Å². The number of rotatable bonds is 3. The summed E-state index contributed by atoms with van der Waals surface area (Å²) in [6, 6.07) is 8.24. The van der Waals surface area contributed by atoms with E-state index in [9.17, 15) is 9.18 Å². The standard InChI is InChI=1S/C20H22FN7O/c1-14-6-7-28(25-14)19-12-18(22-13-23-19)26-8-10-27(11-9-26)20(29)24-17-5-3-4-16(21)15(17)2/h3-7,12-13H,8-11H2,1-2H3,(H,24,29). The molecular weight excluding hydrogens is 373 g/mol. The Hall–Kier alpha value is -3.49. The molecule has 29 heavy (non-hydrogen) atoms. The molecule has 0 atom stereocenters. The molecule has 0 unspecified atom stereocenters. The van der Waals surface area contributed by atoms with Crippen molar-refractivity contribution < 1.29 is 9.18 Å². The molecule has 2 amide bonds. The van der Waals surface area contributed by atoms with Gasteiger partial charge in [-0.05, 0) is 32.0 Å². The van der Waals surface area contributed by atoms with Crippen LogP contribution in [-0.4, -0.2) is 56.9 Å². The third kappa shape index (κ3) is 4.03. The number of halogens is 1. The summed E-state index contributed by atoms with van der Waals surface area (Å²) in [6.07, 6.45) is 3.38. The van der Waals surface area contributed by atoms with Gasteiger partial charge in [0.1, 0.15) is 18.0 Å². The van der Waals surface area contributed by atoms with Gasteiger partial charge in [-0.1, -0.05) is 6.07 Å². The Morgan fingerprint density at radius 2 is 1.83 bits per heavy atom. The van der Waals surface area contributed by atoms with Crippen LogP contribution in [0.2, 0.25) is 0 Å². The van der Waals surface area contributed by atoms with Gasteiger partial charge >= 0.3 is 6.03 Å². The van der Waals surface area contributed by atoms with Gasteiger partial charge in [0, 0.05) is 49.7 Å². The smallest absolute Gasteiger partial charge is 0.321 e. The predicted octanol–water partition coefficient (Wildman–Crippen LogP) is 2.77. The Bertz CT molecular complexity index is 1030. The number of anilines is 2. The van der Waals surface area contributed by atoms with Crippen LogP contribution in [-0.2, 0) is 0 Å². The number of piperazine rings is 1. The van der Waals surface area contributed by atoms with Crippen molar-refractivity contribution in [3.63, 3.8) is 0 Å². The third-order valence-corrected chi connectivity index (χ3v) is 5.00. The number of hydrogen-bond acceptors (Lipinski definition) is 5. The summed E-state index contributed by atoms with van der Waals surface area (Å²) in [5.41, 5.74) is 1.84. The number of aromatic nitrogens is 4. The minimum absolute atomic E-state index is 0.228. The molecule has 4 rings (SSSR count). The summed E-state index contributed by atoms with van der Waals surface area (Å²) in [6.45, 7) is 5.94. The molecule has 1 fully saturated rings. The zero-order chi connectivity index (χ0) is 20.4. The molecule has 3 heterocycles. The van der Waals surface area contributed by atoms with Gasteiger partial charge in [-0.15, -0.1) is 0 Å². The zero-order valence-electron chi connectivity index (χ0n) is 16.3. The Balaban J connectivity index is 1.39. The molecule has 0 bridgehead atoms. The fraction of sp³-hybridized carbons (Fsp3) is 0.300. The molecule has 150 valence electrons. The monoisotopic (exact) mass is 395 g/mol. The van der Waals surface area contributed by atoms with Crippen LogP contribution in [0.15, 0.2) is 42.9 Å². The summed E-state index contributed by atoms with van der Waals surface area (Å²) in [5, 5.41) is 7.18. The molecule has 1 saturated heterocycles. The molecule has 0 aliphatic carbocycles. The van der Waals surface area contributed by atoms with E-state index in [2.05, 4.69) is 25.3 Å². The highest BCUT2D eigenvalue weighted by molar-refractivity contribution is 5.90. The highest BCUT2D eigenvalue weighted by Gasteiger charge is 2.23. The molecular formula is C20H22FN7O. The van der Waals surface area contributed by atoms with Crippen molar-refractivity contribution in [3.05, 3.63) is 59.9 Å². The van der Waals surface area contributed by atoms with Crippen LogP contribution in [0.25, 0.3) is 5.82 Å². The molecule has 0 saturated carbocycles. The maximum atomic E-state index is 13.7. The number of nitrogens with zero attached hydrogens (tertiary/aromatic N) is 6. The first-order valence-electron chi connectivity index (χ1n) is 9.42. The van der Waals surface area contributed by atoms with Gasteiger partial charge in [0.25, 0.3) is 0 Å². The van der Waals surface area contributed by atoms with E-state index in [1.807, 2.05) is 25.3 Å². The number of carbonyl (C=O) groups excluding carboxylic acids is 1. The summed E-state index contributed by atoms with van der Waals surface area (Å²) in [4.78, 5) is 25.0. The lowest BCUT2D eigenvalue weighted by Gasteiger charge is -2.35. The molecule has 1 aromatic carbocycles. The van der Waals surface area contributed by atoms with E-state index in [1.165, 1.54) is 12.4 Å². The van der Waals surface area contributed by atoms with E-state index in [4.69, 9.17) is 0 Å². The van der Waals surface area contributed by atoms with Crippen LogP contribution in [0.3, 0.4) is 0 Å². The van der Waals surface area contributed by atoms with Crippen molar-refractivity contribution in [2.75, 3.05) is 36.4 Å². The zero-order valence-corrected chi connectivity index (χ0v) is 16.3. The van der Waals surface area contributed by atoms with E-state index in [1.54, 1.807) is 28.6 Å². The second-order valence-electron chi connectivity index (χ2n) is 6.95. The van der Waals surface area contributed by atoms with E-state index < -0.39 is 0 Å². The van der Waals surface area contributed by atoms with Crippen molar-refractivity contribution in [1.29, 1.82) is 0 Å². The van der Waals surface area contributed by atoms with Crippen molar-refractivity contribution in [3.8, 4) is 5.82 Å². The quantitative estimate of drug-likeness (QED) is 0.738. The maximum absolute atomic E-state index is 13.7. The highest BCUT2D eigenvalue weighted by atomic mass is 19.1. The summed E-state index contributed by atoms with van der Waals surface area (Å²) in [7, 11) is 0. The van der Waals surface area contributed by atoms with Crippen LogP contribution in [0, 0.1) is 19.7 Å². The van der Waals surface area contributed by atoms with Crippen LogP contribution in [0.1, 0.15) is 11.3 Å². The van der Waals surface area contributed by atoms with Gasteiger partial charge in [-0.3, -0.25) is 0 Å². The van der Waals surface area contributed by atoms with Crippen molar-refractivity contribution >= 4 is 17.5 Å². The summed E-state index contributed by atoms with van der Waals surface area (Å²) in [5.74, 6) is 1.16. The van der Waals surface area contributed by atoms with Crippen LogP contribution >= 0.6 is 0 Å². The van der Waals surface area contributed by atoms with E-state index >= 15 is 0 Å². The Kier molecular flexibility index (Phi) is 5.11. The van der Waals surface area contributed by atoms with E-state index in [0.717, 1.165) is 11.5 Å².